The molecule has 0 saturated heterocycles. The fourth-order valence-electron chi connectivity index (χ4n) is 4.91. The molecule has 0 aliphatic rings. The standard InChI is InChI=1S/C33H30N4O5S/c1-2-11-29-28(31(32(38)39)35-34-29)22-23-18-20-24(21-19-23)27-16-9-10-17-30(27)43(41,42)36-33(40)37(25-12-5-3-6-13-25)26-14-7-4-8-15-26/h3-10,12-21H,2,11,22H2,1H3,(H,34,35)(H,36,40)(H,38,39). The van der Waals surface area contributed by atoms with Crippen molar-refractivity contribution in [3.63, 3.8) is 0 Å². The number of carbonyl (C=O) groups is 2. The zero-order valence-corrected chi connectivity index (χ0v) is 24.2. The molecule has 0 aliphatic heterocycles. The first kappa shape index (κ1) is 29.3. The zero-order valence-electron chi connectivity index (χ0n) is 23.4. The molecule has 43 heavy (non-hydrogen) atoms. The summed E-state index contributed by atoms with van der Waals surface area (Å²) in [5.41, 5.74) is 4.33. The van der Waals surface area contributed by atoms with E-state index in [0.717, 1.165) is 17.7 Å². The maximum absolute atomic E-state index is 13.7. The molecule has 5 aromatic rings. The van der Waals surface area contributed by atoms with E-state index in [9.17, 15) is 23.1 Å². The smallest absolute Gasteiger partial charge is 0.354 e. The second-order valence-electron chi connectivity index (χ2n) is 9.87. The number of H-pyrrole nitrogens is 1. The highest BCUT2D eigenvalue weighted by Crippen LogP contribution is 2.30. The number of carbonyl (C=O) groups excluding carboxylic acids is 1. The number of nitrogens with one attached hydrogen (secondary N) is 2. The van der Waals surface area contributed by atoms with Crippen LogP contribution in [0.25, 0.3) is 11.1 Å². The van der Waals surface area contributed by atoms with Gasteiger partial charge in [0.1, 0.15) is 5.69 Å². The van der Waals surface area contributed by atoms with Crippen LogP contribution in [0.15, 0.2) is 114 Å². The summed E-state index contributed by atoms with van der Waals surface area (Å²) in [6.45, 7) is 2.00. The Kier molecular flexibility index (Phi) is 8.68. The summed E-state index contributed by atoms with van der Waals surface area (Å²) in [6, 6.07) is 30.5. The van der Waals surface area contributed by atoms with E-state index in [-0.39, 0.29) is 10.6 Å². The van der Waals surface area contributed by atoms with Crippen LogP contribution in [0, 0.1) is 0 Å². The van der Waals surface area contributed by atoms with Crippen molar-refractivity contribution >= 4 is 33.4 Å². The summed E-state index contributed by atoms with van der Waals surface area (Å²) in [4.78, 5) is 26.5. The van der Waals surface area contributed by atoms with Crippen molar-refractivity contribution in [1.29, 1.82) is 0 Å². The van der Waals surface area contributed by atoms with Crippen molar-refractivity contribution in [2.24, 2.45) is 0 Å². The van der Waals surface area contributed by atoms with Gasteiger partial charge in [0.05, 0.1) is 22.0 Å². The van der Waals surface area contributed by atoms with Gasteiger partial charge >= 0.3 is 12.0 Å². The van der Waals surface area contributed by atoms with Gasteiger partial charge < -0.3 is 5.11 Å². The number of aryl methyl sites for hydroxylation is 1. The molecule has 0 unspecified atom stereocenters. The van der Waals surface area contributed by atoms with Crippen LogP contribution in [0.5, 0.6) is 0 Å². The number of aromatic carboxylic acids is 1. The summed E-state index contributed by atoms with van der Waals surface area (Å²) in [5.74, 6) is -1.07. The van der Waals surface area contributed by atoms with Gasteiger partial charge in [0.25, 0.3) is 10.0 Å². The number of benzene rings is 4. The monoisotopic (exact) mass is 594 g/mol. The molecule has 0 saturated carbocycles. The van der Waals surface area contributed by atoms with Gasteiger partial charge in [0.15, 0.2) is 0 Å². The van der Waals surface area contributed by atoms with Gasteiger partial charge in [-0.15, -0.1) is 0 Å². The van der Waals surface area contributed by atoms with Gasteiger partial charge in [-0.25, -0.2) is 22.7 Å². The Labute approximate surface area is 249 Å². The van der Waals surface area contributed by atoms with Crippen molar-refractivity contribution in [2.75, 3.05) is 4.90 Å². The fraction of sp³-hybridized carbons (Fsp3) is 0.121. The topological polar surface area (TPSA) is 132 Å². The van der Waals surface area contributed by atoms with Crippen LogP contribution < -0.4 is 9.62 Å². The second kappa shape index (κ2) is 12.7. The number of rotatable bonds is 10. The summed E-state index contributed by atoms with van der Waals surface area (Å²) >= 11 is 0. The molecule has 0 atom stereocenters. The van der Waals surface area contributed by atoms with Gasteiger partial charge in [0, 0.05) is 17.5 Å². The molecule has 0 radical (unpaired) electrons. The number of hydrogen-bond acceptors (Lipinski definition) is 5. The van der Waals surface area contributed by atoms with Crippen LogP contribution in [0.1, 0.15) is 40.7 Å². The number of para-hydroxylation sites is 2. The van der Waals surface area contributed by atoms with Crippen LogP contribution in [0.2, 0.25) is 0 Å². The third kappa shape index (κ3) is 6.49. The first-order valence-corrected chi connectivity index (χ1v) is 15.2. The van der Waals surface area contributed by atoms with Crippen LogP contribution in [0.4, 0.5) is 16.2 Å². The highest BCUT2D eigenvalue weighted by Gasteiger charge is 2.27. The van der Waals surface area contributed by atoms with Crippen LogP contribution >= 0.6 is 0 Å². The molecule has 2 amide bonds. The molecule has 0 bridgehead atoms. The Morgan fingerprint density at radius 1 is 0.837 bits per heavy atom. The average Bonchev–Trinajstić information content (AvgIpc) is 3.41. The minimum Gasteiger partial charge on any atom is -0.477 e. The Bertz CT molecular complexity index is 1800. The number of sulfonamides is 1. The molecule has 9 nitrogen and oxygen atoms in total. The number of anilines is 2. The molecule has 218 valence electrons. The molecule has 3 N–H and O–H groups in total. The first-order valence-electron chi connectivity index (χ1n) is 13.7. The van der Waals surface area contributed by atoms with Crippen LogP contribution in [0.3, 0.4) is 0 Å². The number of urea groups is 1. The molecule has 5 rings (SSSR count). The van der Waals surface area contributed by atoms with E-state index >= 15 is 0 Å². The predicted molar refractivity (Wildman–Crippen MR) is 165 cm³/mol. The van der Waals surface area contributed by atoms with Crippen molar-refractivity contribution in [2.45, 2.75) is 31.1 Å². The van der Waals surface area contributed by atoms with Gasteiger partial charge in [0.2, 0.25) is 0 Å². The lowest BCUT2D eigenvalue weighted by atomic mass is 9.98. The third-order valence-corrected chi connectivity index (χ3v) is 8.31. The second-order valence-corrected chi connectivity index (χ2v) is 11.5. The maximum atomic E-state index is 13.7. The molecule has 1 heterocycles. The number of aromatic nitrogens is 2. The summed E-state index contributed by atoms with van der Waals surface area (Å²) < 4.78 is 29.6. The molecule has 0 fully saturated rings. The number of carboxylic acid groups (broad SMARTS) is 1. The third-order valence-electron chi connectivity index (χ3n) is 6.93. The summed E-state index contributed by atoms with van der Waals surface area (Å²) in [6.07, 6.45) is 1.84. The number of hydrogen-bond donors (Lipinski definition) is 3. The largest absolute Gasteiger partial charge is 0.477 e. The quantitative estimate of drug-likeness (QED) is 0.168. The molecule has 0 spiro atoms. The molecule has 1 aromatic heterocycles. The fourth-order valence-corrected chi connectivity index (χ4v) is 6.08. The van der Waals surface area contributed by atoms with Crippen molar-refractivity contribution in [1.82, 2.24) is 14.9 Å². The van der Waals surface area contributed by atoms with Gasteiger partial charge in [-0.05, 0) is 47.9 Å². The number of nitrogens with zero attached hydrogens (tertiary/aromatic N) is 2. The Morgan fingerprint density at radius 2 is 1.42 bits per heavy atom. The SMILES string of the molecule is CCCc1n[nH]c(C(=O)O)c1Cc1ccc(-c2ccccc2S(=O)(=O)NC(=O)N(c2ccccc2)c2ccccc2)cc1. The van der Waals surface area contributed by atoms with E-state index in [4.69, 9.17) is 0 Å². The molecular formula is C33H30N4O5S. The zero-order chi connectivity index (χ0) is 30.4. The number of aromatic amines is 1. The van der Waals surface area contributed by atoms with Crippen molar-refractivity contribution in [3.05, 3.63) is 132 Å². The minimum absolute atomic E-state index is 0.0506. The van der Waals surface area contributed by atoms with E-state index in [2.05, 4.69) is 14.9 Å². The van der Waals surface area contributed by atoms with Crippen molar-refractivity contribution in [3.8, 4) is 11.1 Å². The lowest BCUT2D eigenvalue weighted by Crippen LogP contribution is -2.40. The lowest BCUT2D eigenvalue weighted by molar-refractivity contribution is 0.0689. The molecule has 0 aliphatic carbocycles. The van der Waals surface area contributed by atoms with Crippen molar-refractivity contribution < 1.29 is 23.1 Å². The average molecular weight is 595 g/mol. The summed E-state index contributed by atoms with van der Waals surface area (Å²) in [7, 11) is -4.30. The first-order chi connectivity index (χ1) is 20.8. The van der Waals surface area contributed by atoms with Gasteiger partial charge in [-0.1, -0.05) is 92.2 Å². The maximum Gasteiger partial charge on any atom is 0.354 e. The normalized spacial score (nSPS) is 11.2. The highest BCUT2D eigenvalue weighted by atomic mass is 32.2. The molecule has 10 heteroatoms. The number of carboxylic acids is 1. The van der Waals surface area contributed by atoms with Gasteiger partial charge in [-0.2, -0.15) is 5.10 Å². The summed E-state index contributed by atoms with van der Waals surface area (Å²) in [5, 5.41) is 16.4. The Hall–Kier alpha value is -5.22. The van der Waals surface area contributed by atoms with Gasteiger partial charge in [-0.3, -0.25) is 10.00 Å². The van der Waals surface area contributed by atoms with E-state index < -0.39 is 22.0 Å². The van der Waals surface area contributed by atoms with E-state index in [0.29, 0.717) is 40.9 Å². The Morgan fingerprint density at radius 3 is 2.00 bits per heavy atom. The minimum atomic E-state index is -4.30. The Balaban J connectivity index is 1.43. The predicted octanol–water partition coefficient (Wildman–Crippen LogP) is 6.55. The molecule has 4 aromatic carbocycles. The van der Waals surface area contributed by atoms with Crippen LogP contribution in [-0.2, 0) is 22.9 Å². The van der Waals surface area contributed by atoms with E-state index in [1.807, 2.05) is 31.2 Å². The highest BCUT2D eigenvalue weighted by molar-refractivity contribution is 7.90. The van der Waals surface area contributed by atoms with E-state index in [1.54, 1.807) is 78.9 Å². The number of amides is 2. The van der Waals surface area contributed by atoms with E-state index in [1.165, 1.54) is 11.0 Å². The molecular weight excluding hydrogens is 564 g/mol. The lowest BCUT2D eigenvalue weighted by Gasteiger charge is -2.23. The van der Waals surface area contributed by atoms with Crippen LogP contribution in [-0.4, -0.2) is 35.7 Å².